The minimum Gasteiger partial charge on any atom is -0.381 e. The summed E-state index contributed by atoms with van der Waals surface area (Å²) < 4.78 is 33.7. The lowest BCUT2D eigenvalue weighted by Gasteiger charge is -2.25. The maximum absolute atomic E-state index is 11.3. The first kappa shape index (κ1) is 48.3. The van der Waals surface area contributed by atoms with Gasteiger partial charge in [-0.1, -0.05) is 0 Å². The molecule has 0 aromatic heterocycles. The van der Waals surface area contributed by atoms with Crippen molar-refractivity contribution in [3.63, 3.8) is 0 Å². The molecule has 0 aromatic carbocycles. The molecule has 0 rings (SSSR count). The molecule has 2 unspecified atom stereocenters. The van der Waals surface area contributed by atoms with Crippen molar-refractivity contribution in [2.45, 2.75) is 32.2 Å². The number of hydroxylamine groups is 3. The van der Waals surface area contributed by atoms with E-state index in [-0.39, 0.29) is 24.4 Å². The van der Waals surface area contributed by atoms with Gasteiger partial charge in [0.15, 0.2) is 0 Å². The smallest absolute Gasteiger partial charge is 0.236 e. The molecule has 0 heterocycles. The zero-order valence-corrected chi connectivity index (χ0v) is 30.7. The monoisotopic (exact) mass is 729 g/mol. The molecular weight excluding hydrogens is 662 g/mol. The van der Waals surface area contributed by atoms with Gasteiger partial charge in [0.05, 0.1) is 79.7 Å². The fourth-order valence-electron chi connectivity index (χ4n) is 3.91. The average molecular weight is 730 g/mol. The van der Waals surface area contributed by atoms with Gasteiger partial charge < -0.3 is 58.5 Å². The number of methoxy groups -OCH3 is 1. The quantitative estimate of drug-likeness (QED) is 0.0140. The molecule has 298 valence electrons. The normalized spacial score (nSPS) is 12.6. The zero-order chi connectivity index (χ0) is 36.6. The summed E-state index contributed by atoms with van der Waals surface area (Å²) in [6, 6.07) is 0.105. The van der Waals surface area contributed by atoms with E-state index >= 15 is 0 Å². The van der Waals surface area contributed by atoms with Gasteiger partial charge in [-0.15, -0.1) is 0 Å². The van der Waals surface area contributed by atoms with Gasteiger partial charge in [-0.2, -0.15) is 5.48 Å². The fraction of sp³-hybridized carbons (Fsp3) is 0.933. The first-order chi connectivity index (χ1) is 24.6. The van der Waals surface area contributed by atoms with Crippen molar-refractivity contribution in [3.05, 3.63) is 0 Å². The Morgan fingerprint density at radius 1 is 0.740 bits per heavy atom. The largest absolute Gasteiger partial charge is 0.381 e. The highest BCUT2D eigenvalue weighted by Crippen LogP contribution is 2.12. The minimum absolute atomic E-state index is 0.0911. The Kier molecular flexibility index (Phi) is 38.7. The molecule has 50 heavy (non-hydrogen) atoms. The number of likely N-dealkylation sites (N-methyl/N-ethyl adjacent to an activating group) is 1. The third-order valence-electron chi connectivity index (χ3n) is 6.37. The number of nitrogens with one attached hydrogen (secondary N) is 8. The Morgan fingerprint density at radius 2 is 1.40 bits per heavy atom. The predicted molar refractivity (Wildman–Crippen MR) is 185 cm³/mol. The van der Waals surface area contributed by atoms with E-state index in [1.807, 2.05) is 6.92 Å². The van der Waals surface area contributed by atoms with Crippen LogP contribution in [0.25, 0.3) is 0 Å². The van der Waals surface area contributed by atoms with Crippen molar-refractivity contribution in [1.29, 1.82) is 0 Å². The second-order valence-corrected chi connectivity index (χ2v) is 10.8. The van der Waals surface area contributed by atoms with Crippen molar-refractivity contribution in [2.24, 2.45) is 5.92 Å². The second kappa shape index (κ2) is 40.1. The van der Waals surface area contributed by atoms with Crippen LogP contribution in [-0.2, 0) is 52.5 Å². The molecule has 0 aromatic rings. The van der Waals surface area contributed by atoms with Gasteiger partial charge in [-0.25, -0.2) is 11.0 Å². The number of amides is 2. The summed E-state index contributed by atoms with van der Waals surface area (Å²) >= 11 is 0. The zero-order valence-electron chi connectivity index (χ0n) is 30.7. The van der Waals surface area contributed by atoms with E-state index in [0.717, 1.165) is 19.3 Å². The number of hydrogen-bond acceptors (Lipinski definition) is 18. The first-order valence-corrected chi connectivity index (χ1v) is 17.2. The predicted octanol–water partition coefficient (Wildman–Crippen LogP) is -2.61. The third-order valence-corrected chi connectivity index (χ3v) is 6.37. The molecule has 2 amide bonds. The maximum atomic E-state index is 11.3. The number of hydrogen-bond donors (Lipinski definition) is 8. The van der Waals surface area contributed by atoms with Gasteiger partial charge in [0.25, 0.3) is 0 Å². The van der Waals surface area contributed by atoms with Gasteiger partial charge >= 0.3 is 0 Å². The summed E-state index contributed by atoms with van der Waals surface area (Å²) in [6.45, 7) is 10.4. The first-order valence-electron chi connectivity index (χ1n) is 17.2. The van der Waals surface area contributed by atoms with Crippen LogP contribution in [-0.4, -0.2) is 170 Å². The molecule has 0 spiro atoms. The number of nitrogens with zero attached hydrogens (tertiary/aromatic N) is 1. The maximum Gasteiger partial charge on any atom is 0.236 e. The van der Waals surface area contributed by atoms with Crippen LogP contribution in [0, 0.1) is 5.92 Å². The van der Waals surface area contributed by atoms with Crippen LogP contribution in [0.3, 0.4) is 0 Å². The lowest BCUT2D eigenvalue weighted by atomic mass is 9.99. The third kappa shape index (κ3) is 36.1. The Morgan fingerprint density at radius 3 is 2.16 bits per heavy atom. The summed E-state index contributed by atoms with van der Waals surface area (Å²) in [7, 11) is 4.87. The van der Waals surface area contributed by atoms with E-state index in [1.165, 1.54) is 4.90 Å². The molecule has 0 saturated heterocycles. The Bertz CT molecular complexity index is 727. The van der Waals surface area contributed by atoms with Crippen LogP contribution < -0.4 is 43.0 Å². The highest BCUT2D eigenvalue weighted by molar-refractivity contribution is 5.77. The molecule has 0 aliphatic rings. The summed E-state index contributed by atoms with van der Waals surface area (Å²) in [6.07, 6.45) is 2.94. The number of rotatable bonds is 42. The molecule has 20 heteroatoms. The lowest BCUT2D eigenvalue weighted by molar-refractivity contribution is -0.122. The van der Waals surface area contributed by atoms with Gasteiger partial charge in [-0.3, -0.25) is 25.5 Å². The van der Waals surface area contributed by atoms with E-state index in [9.17, 15) is 9.59 Å². The Labute approximate surface area is 298 Å². The van der Waals surface area contributed by atoms with Crippen LogP contribution in [0.2, 0.25) is 0 Å². The van der Waals surface area contributed by atoms with Crippen molar-refractivity contribution < 1.29 is 52.5 Å². The van der Waals surface area contributed by atoms with E-state index in [0.29, 0.717) is 126 Å². The molecule has 0 bridgehead atoms. The van der Waals surface area contributed by atoms with Crippen LogP contribution in [0.15, 0.2) is 0 Å². The average Bonchev–Trinajstić information content (AvgIpc) is 3.12. The highest BCUT2D eigenvalue weighted by atomic mass is 16.7. The molecular formula is C30H67N9O11. The molecule has 8 N–H and O–H groups in total. The molecule has 2 atom stereocenters. The summed E-state index contributed by atoms with van der Waals surface area (Å²) in [4.78, 5) is 39.3. The SMILES string of the molecule is CCONCCONCCOCC(COCCCONCC(=O)NC)CC(CCOCNCN(C)C=O)NCCOCNCOCNCOC. The summed E-state index contributed by atoms with van der Waals surface area (Å²) in [5, 5.41) is 15.2. The van der Waals surface area contributed by atoms with Crippen molar-refractivity contribution in [2.75, 3.05) is 147 Å². The molecule has 0 saturated carbocycles. The topological polar surface area (TPSA) is 217 Å². The summed E-state index contributed by atoms with van der Waals surface area (Å²) in [5.74, 6) is -0.0540. The van der Waals surface area contributed by atoms with Crippen LogP contribution in [0.5, 0.6) is 0 Å². The molecule has 0 radical (unpaired) electrons. The van der Waals surface area contributed by atoms with Gasteiger partial charge in [0.1, 0.15) is 13.5 Å². The van der Waals surface area contributed by atoms with Crippen LogP contribution in [0.4, 0.5) is 0 Å². The van der Waals surface area contributed by atoms with E-state index in [1.54, 1.807) is 21.2 Å². The Balaban J connectivity index is 4.79. The van der Waals surface area contributed by atoms with E-state index in [2.05, 4.69) is 43.0 Å². The van der Waals surface area contributed by atoms with Crippen LogP contribution in [0.1, 0.15) is 26.2 Å². The highest BCUT2D eigenvalue weighted by Gasteiger charge is 2.18. The molecule has 0 aliphatic heterocycles. The van der Waals surface area contributed by atoms with Gasteiger partial charge in [0, 0.05) is 66.0 Å². The molecule has 20 nitrogen and oxygen atoms in total. The van der Waals surface area contributed by atoms with E-state index in [4.69, 9.17) is 42.9 Å². The standard InChI is InChI=1S/C30H67N9O11/c1-5-48-36-10-16-50-37-9-15-44-20-28(19-43-11-6-12-49-38-18-30(41)31-2)17-29(7-13-45-23-32-21-39(3)27-40)35-8-14-46-24-34-26-47-25-33-22-42-4/h27-29,32-38H,5-26H2,1-4H3,(H,31,41). The van der Waals surface area contributed by atoms with Crippen molar-refractivity contribution in [1.82, 2.24) is 47.9 Å². The van der Waals surface area contributed by atoms with Crippen molar-refractivity contribution in [3.8, 4) is 0 Å². The second-order valence-electron chi connectivity index (χ2n) is 10.8. The number of carbonyl (C=O) groups is 2. The van der Waals surface area contributed by atoms with Gasteiger partial charge in [-0.05, 0) is 26.2 Å². The molecule has 0 aliphatic carbocycles. The molecule has 0 fully saturated rings. The number of carbonyl (C=O) groups excluding carboxylic acids is 2. The van der Waals surface area contributed by atoms with Crippen LogP contribution >= 0.6 is 0 Å². The van der Waals surface area contributed by atoms with Gasteiger partial charge in [0.2, 0.25) is 12.3 Å². The Hall–Kier alpha value is -1.70. The summed E-state index contributed by atoms with van der Waals surface area (Å²) in [5.41, 5.74) is 8.32. The number of ether oxygens (including phenoxy) is 6. The minimum atomic E-state index is -0.153. The van der Waals surface area contributed by atoms with Crippen molar-refractivity contribution >= 4 is 12.3 Å². The lowest BCUT2D eigenvalue weighted by Crippen LogP contribution is -2.38. The van der Waals surface area contributed by atoms with E-state index < -0.39 is 0 Å². The fourth-order valence-corrected chi connectivity index (χ4v) is 3.91.